The van der Waals surface area contributed by atoms with Crippen molar-refractivity contribution in [2.24, 2.45) is 0 Å². The molecule has 0 aliphatic rings. The minimum Gasteiger partial charge on any atom is -0.381 e. The zero-order valence-electron chi connectivity index (χ0n) is 10.1. The zero-order chi connectivity index (χ0) is 12.3. The Morgan fingerprint density at radius 3 is 2.94 bits per heavy atom. The van der Waals surface area contributed by atoms with Crippen LogP contribution >= 0.6 is 11.3 Å². The molecule has 5 heteroatoms. The first-order valence-corrected chi connectivity index (χ1v) is 6.45. The maximum absolute atomic E-state index is 5.50. The third kappa shape index (κ3) is 3.31. The third-order valence-corrected chi connectivity index (χ3v) is 3.77. The number of rotatable bonds is 5. The lowest BCUT2D eigenvalue weighted by Crippen LogP contribution is -2.20. The van der Waals surface area contributed by atoms with Crippen LogP contribution in [-0.2, 0) is 13.0 Å². The van der Waals surface area contributed by atoms with E-state index in [-0.39, 0.29) is 0 Å². The Bertz CT molecular complexity index is 478. The molecule has 0 spiro atoms. The van der Waals surface area contributed by atoms with Gasteiger partial charge in [-0.2, -0.15) is 0 Å². The molecular formula is C12H17N3OS. The van der Waals surface area contributed by atoms with Crippen LogP contribution in [0.3, 0.4) is 0 Å². The SMILES string of the molecule is Cc1ccsc1CCN(C)Cc1cc(N)no1. The van der Waals surface area contributed by atoms with E-state index in [4.69, 9.17) is 10.3 Å². The summed E-state index contributed by atoms with van der Waals surface area (Å²) in [5.74, 6) is 1.26. The first kappa shape index (κ1) is 12.1. The summed E-state index contributed by atoms with van der Waals surface area (Å²) in [7, 11) is 2.07. The Balaban J connectivity index is 1.82. The van der Waals surface area contributed by atoms with Crippen molar-refractivity contribution >= 4 is 17.2 Å². The van der Waals surface area contributed by atoms with Gasteiger partial charge in [0.15, 0.2) is 11.6 Å². The van der Waals surface area contributed by atoms with Crippen LogP contribution in [0.2, 0.25) is 0 Å². The summed E-state index contributed by atoms with van der Waals surface area (Å²) in [6, 6.07) is 3.93. The maximum atomic E-state index is 5.50. The largest absolute Gasteiger partial charge is 0.381 e. The van der Waals surface area contributed by atoms with Gasteiger partial charge in [-0.25, -0.2) is 0 Å². The fraction of sp³-hybridized carbons (Fsp3) is 0.417. The lowest BCUT2D eigenvalue weighted by molar-refractivity contribution is 0.276. The molecule has 0 bridgehead atoms. The second-order valence-electron chi connectivity index (χ2n) is 4.23. The minimum absolute atomic E-state index is 0.447. The monoisotopic (exact) mass is 251 g/mol. The highest BCUT2D eigenvalue weighted by Crippen LogP contribution is 2.16. The number of anilines is 1. The quantitative estimate of drug-likeness (QED) is 0.886. The van der Waals surface area contributed by atoms with Gasteiger partial charge < -0.3 is 10.3 Å². The van der Waals surface area contributed by atoms with Gasteiger partial charge in [0.05, 0.1) is 6.54 Å². The standard InChI is InChI=1S/C12H17N3OS/c1-9-4-6-17-11(9)3-5-15(2)8-10-7-12(13)14-16-10/h4,6-7H,3,5,8H2,1-2H3,(H2,13,14). The van der Waals surface area contributed by atoms with Crippen LogP contribution in [0.15, 0.2) is 22.0 Å². The third-order valence-electron chi connectivity index (χ3n) is 2.69. The average Bonchev–Trinajstić information content (AvgIpc) is 2.85. The number of nitrogens with zero attached hydrogens (tertiary/aromatic N) is 2. The van der Waals surface area contributed by atoms with Gasteiger partial charge in [0.2, 0.25) is 0 Å². The van der Waals surface area contributed by atoms with E-state index in [2.05, 4.69) is 35.5 Å². The molecule has 0 saturated carbocycles. The molecule has 4 nitrogen and oxygen atoms in total. The van der Waals surface area contributed by atoms with Gasteiger partial charge in [0, 0.05) is 17.5 Å². The van der Waals surface area contributed by atoms with Crippen LogP contribution < -0.4 is 5.73 Å². The zero-order valence-corrected chi connectivity index (χ0v) is 11.0. The number of aryl methyl sites for hydroxylation is 1. The van der Waals surface area contributed by atoms with Crippen molar-refractivity contribution in [2.45, 2.75) is 19.9 Å². The summed E-state index contributed by atoms with van der Waals surface area (Å²) >= 11 is 1.82. The number of thiophene rings is 1. The van der Waals surface area contributed by atoms with E-state index in [1.165, 1.54) is 10.4 Å². The highest BCUT2D eigenvalue weighted by Gasteiger charge is 2.07. The van der Waals surface area contributed by atoms with Crippen LogP contribution in [0.4, 0.5) is 5.82 Å². The van der Waals surface area contributed by atoms with Crippen LogP contribution in [0.5, 0.6) is 0 Å². The Kier molecular flexibility index (Phi) is 3.81. The van der Waals surface area contributed by atoms with E-state index >= 15 is 0 Å². The van der Waals surface area contributed by atoms with Crippen LogP contribution in [-0.4, -0.2) is 23.6 Å². The smallest absolute Gasteiger partial charge is 0.167 e. The molecule has 92 valence electrons. The van der Waals surface area contributed by atoms with Crippen molar-refractivity contribution in [2.75, 3.05) is 19.3 Å². The number of hydrogen-bond donors (Lipinski definition) is 1. The van der Waals surface area contributed by atoms with Crippen LogP contribution in [0, 0.1) is 6.92 Å². The molecule has 2 rings (SSSR count). The number of nitrogen functional groups attached to an aromatic ring is 1. The molecule has 0 fully saturated rings. The predicted molar refractivity (Wildman–Crippen MR) is 70.0 cm³/mol. The van der Waals surface area contributed by atoms with Gasteiger partial charge in [0.25, 0.3) is 0 Å². The Hall–Kier alpha value is -1.33. The first-order chi connectivity index (χ1) is 8.15. The van der Waals surface area contributed by atoms with Gasteiger partial charge in [0.1, 0.15) is 0 Å². The predicted octanol–water partition coefficient (Wildman–Crippen LogP) is 2.30. The van der Waals surface area contributed by atoms with E-state index in [1.807, 2.05) is 11.3 Å². The van der Waals surface area contributed by atoms with Crippen LogP contribution in [0.25, 0.3) is 0 Å². The molecule has 2 aromatic heterocycles. The molecule has 0 aliphatic carbocycles. The Labute approximate surface area is 105 Å². The van der Waals surface area contributed by atoms with E-state index in [0.717, 1.165) is 25.3 Å². The molecule has 2 heterocycles. The molecule has 0 amide bonds. The second-order valence-corrected chi connectivity index (χ2v) is 5.23. The van der Waals surface area contributed by atoms with E-state index in [0.29, 0.717) is 5.82 Å². The molecule has 17 heavy (non-hydrogen) atoms. The van der Waals surface area contributed by atoms with Crippen molar-refractivity contribution in [3.8, 4) is 0 Å². The number of aromatic nitrogens is 1. The van der Waals surface area contributed by atoms with E-state index in [9.17, 15) is 0 Å². The summed E-state index contributed by atoms with van der Waals surface area (Å²) < 4.78 is 5.08. The molecule has 0 saturated heterocycles. The molecule has 0 unspecified atom stereocenters. The van der Waals surface area contributed by atoms with Crippen molar-refractivity contribution in [3.05, 3.63) is 33.7 Å². The number of likely N-dealkylation sites (N-methyl/N-ethyl adjacent to an activating group) is 1. The Morgan fingerprint density at radius 1 is 1.53 bits per heavy atom. The highest BCUT2D eigenvalue weighted by atomic mass is 32.1. The summed E-state index contributed by atoms with van der Waals surface area (Å²) in [4.78, 5) is 3.66. The second kappa shape index (κ2) is 5.33. The van der Waals surface area contributed by atoms with E-state index in [1.54, 1.807) is 6.07 Å². The van der Waals surface area contributed by atoms with Gasteiger partial charge >= 0.3 is 0 Å². The molecule has 0 aliphatic heterocycles. The lowest BCUT2D eigenvalue weighted by Gasteiger charge is -2.14. The van der Waals surface area contributed by atoms with Crippen molar-refractivity contribution in [1.82, 2.24) is 10.1 Å². The van der Waals surface area contributed by atoms with Crippen LogP contribution in [0.1, 0.15) is 16.2 Å². The van der Waals surface area contributed by atoms with Gasteiger partial charge in [-0.15, -0.1) is 11.3 Å². The van der Waals surface area contributed by atoms with Crippen molar-refractivity contribution < 1.29 is 4.52 Å². The number of hydrogen-bond acceptors (Lipinski definition) is 5. The molecule has 0 radical (unpaired) electrons. The van der Waals surface area contributed by atoms with Gasteiger partial charge in [-0.1, -0.05) is 5.16 Å². The average molecular weight is 251 g/mol. The molecule has 0 aromatic carbocycles. The fourth-order valence-electron chi connectivity index (χ4n) is 1.70. The van der Waals surface area contributed by atoms with Crippen molar-refractivity contribution in [1.29, 1.82) is 0 Å². The highest BCUT2D eigenvalue weighted by molar-refractivity contribution is 7.10. The minimum atomic E-state index is 0.447. The molecule has 0 atom stereocenters. The first-order valence-electron chi connectivity index (χ1n) is 5.57. The molecule has 2 aromatic rings. The lowest BCUT2D eigenvalue weighted by atomic mass is 10.2. The summed E-state index contributed by atoms with van der Waals surface area (Å²) in [6.07, 6.45) is 1.07. The maximum Gasteiger partial charge on any atom is 0.167 e. The topological polar surface area (TPSA) is 55.3 Å². The Morgan fingerprint density at radius 2 is 2.35 bits per heavy atom. The van der Waals surface area contributed by atoms with Gasteiger partial charge in [-0.05, 0) is 37.4 Å². The summed E-state index contributed by atoms with van der Waals surface area (Å²) in [5, 5.41) is 5.81. The summed E-state index contributed by atoms with van der Waals surface area (Å²) in [6.45, 7) is 3.90. The van der Waals surface area contributed by atoms with Crippen molar-refractivity contribution in [3.63, 3.8) is 0 Å². The molecule has 2 N–H and O–H groups in total. The van der Waals surface area contributed by atoms with Gasteiger partial charge in [-0.3, -0.25) is 4.90 Å². The molecular weight excluding hydrogens is 234 g/mol. The summed E-state index contributed by atoms with van der Waals surface area (Å²) in [5.41, 5.74) is 6.89. The normalized spacial score (nSPS) is 11.2. The fourth-order valence-corrected chi connectivity index (χ4v) is 2.60. The number of nitrogens with two attached hydrogens (primary N) is 1. The van der Waals surface area contributed by atoms with E-state index < -0.39 is 0 Å².